The lowest BCUT2D eigenvalue weighted by Crippen LogP contribution is -2.60. The van der Waals surface area contributed by atoms with Crippen molar-refractivity contribution >= 4 is 0 Å². The fourth-order valence-electron chi connectivity index (χ4n) is 5.14. The summed E-state index contributed by atoms with van der Waals surface area (Å²) in [5.74, 6) is 0.857. The molecule has 1 saturated heterocycles. The Kier molecular flexibility index (Phi) is 8.67. The highest BCUT2D eigenvalue weighted by molar-refractivity contribution is 5.82. The van der Waals surface area contributed by atoms with E-state index in [9.17, 15) is 25.2 Å². The predicted molar refractivity (Wildman–Crippen MR) is 141 cm³/mol. The monoisotopic (exact) mass is 545 g/mol. The zero-order valence-corrected chi connectivity index (χ0v) is 22.3. The van der Waals surface area contributed by atoms with Gasteiger partial charge in [-0.15, -0.1) is 0 Å². The van der Waals surface area contributed by atoms with Crippen molar-refractivity contribution in [2.45, 2.75) is 56.5 Å². The lowest BCUT2D eigenvalue weighted by atomic mass is 9.95. The van der Waals surface area contributed by atoms with Gasteiger partial charge in [0.05, 0.1) is 34.0 Å². The Morgan fingerprint density at radius 1 is 1.03 bits per heavy atom. The molecule has 39 heavy (non-hydrogen) atoms. The second kappa shape index (κ2) is 11.8. The number of benzene rings is 1. The molecule has 0 aromatic heterocycles. The normalized spacial score (nSPS) is 25.9. The number of aliphatic hydroxyl groups excluding tert-OH is 4. The van der Waals surface area contributed by atoms with Gasteiger partial charge in [-0.05, 0) is 54.7 Å². The zero-order chi connectivity index (χ0) is 28.4. The molecule has 11 heteroatoms. The Morgan fingerprint density at radius 3 is 2.36 bits per heavy atom. The first-order valence-electron chi connectivity index (χ1n) is 12.5. The van der Waals surface area contributed by atoms with Crippen LogP contribution in [0.15, 0.2) is 41.3 Å². The van der Waals surface area contributed by atoms with Gasteiger partial charge in [-0.25, -0.2) is 0 Å². The van der Waals surface area contributed by atoms with Crippen molar-refractivity contribution in [1.29, 1.82) is 0 Å². The molecule has 4 rings (SSSR count). The number of rotatable bonds is 8. The van der Waals surface area contributed by atoms with Crippen molar-refractivity contribution in [3.05, 3.63) is 57.9 Å². The molecule has 2 aliphatic rings. The molecule has 0 unspecified atom stereocenters. The topological polar surface area (TPSA) is 156 Å². The molecule has 5 N–H and O–H groups in total. The van der Waals surface area contributed by atoms with Crippen LogP contribution < -0.4 is 29.7 Å². The van der Waals surface area contributed by atoms with E-state index in [-0.39, 0.29) is 28.7 Å². The maximum absolute atomic E-state index is 12.9. The molecule has 11 nitrogen and oxygen atoms in total. The van der Waals surface area contributed by atoms with E-state index in [1.165, 1.54) is 21.3 Å². The van der Waals surface area contributed by atoms with Gasteiger partial charge in [0.1, 0.15) is 24.4 Å². The molecule has 0 spiro atoms. The minimum atomic E-state index is -1.61. The molecule has 1 aliphatic carbocycles. The van der Waals surface area contributed by atoms with Crippen molar-refractivity contribution in [2.24, 2.45) is 0 Å². The van der Waals surface area contributed by atoms with Gasteiger partial charge in [-0.3, -0.25) is 4.79 Å². The van der Waals surface area contributed by atoms with Gasteiger partial charge < -0.3 is 49.4 Å². The molecule has 1 fully saturated rings. The SMILES string of the molecule is C=C(C)N[C@H]1CCc2cc(O[C@@H]3O[C@H](CO)[C@@H](O)[C@H](O)[C@H]3O)c(OC)c(OC)c2-c2ccc(OC)c(=O)cc21. The minimum Gasteiger partial charge on any atom is -0.493 e. The molecule has 0 saturated carbocycles. The summed E-state index contributed by atoms with van der Waals surface area (Å²) in [5, 5.41) is 43.8. The Hall–Kier alpha value is -3.35. The largest absolute Gasteiger partial charge is 0.493 e. The summed E-state index contributed by atoms with van der Waals surface area (Å²) in [7, 11) is 4.34. The summed E-state index contributed by atoms with van der Waals surface area (Å²) >= 11 is 0. The highest BCUT2D eigenvalue weighted by Gasteiger charge is 2.45. The smallest absolute Gasteiger partial charge is 0.229 e. The molecular formula is C28H35NO10. The molecular weight excluding hydrogens is 510 g/mol. The van der Waals surface area contributed by atoms with E-state index >= 15 is 0 Å². The molecule has 0 bridgehead atoms. The second-order valence-corrected chi connectivity index (χ2v) is 9.59. The van der Waals surface area contributed by atoms with Crippen LogP contribution in [0.4, 0.5) is 0 Å². The van der Waals surface area contributed by atoms with Gasteiger partial charge in [-0.1, -0.05) is 12.6 Å². The first kappa shape index (κ1) is 28.7. The highest BCUT2D eigenvalue weighted by atomic mass is 16.7. The molecule has 212 valence electrons. The molecule has 0 radical (unpaired) electrons. The Balaban J connectivity index is 1.89. The number of allylic oxidation sites excluding steroid dienone is 1. The summed E-state index contributed by atoms with van der Waals surface area (Å²) in [5.41, 5.74) is 3.40. The lowest BCUT2D eigenvalue weighted by molar-refractivity contribution is -0.277. The average Bonchev–Trinajstić information content (AvgIpc) is 3.16. The number of nitrogens with one attached hydrogen (secondary N) is 1. The number of methoxy groups -OCH3 is 3. The van der Waals surface area contributed by atoms with Crippen LogP contribution in [-0.4, -0.2) is 79.1 Å². The van der Waals surface area contributed by atoms with E-state index in [2.05, 4.69) is 11.9 Å². The third kappa shape index (κ3) is 5.41. The maximum Gasteiger partial charge on any atom is 0.229 e. The zero-order valence-electron chi connectivity index (χ0n) is 22.3. The van der Waals surface area contributed by atoms with Crippen LogP contribution in [0.1, 0.15) is 30.5 Å². The molecule has 0 amide bonds. The van der Waals surface area contributed by atoms with Crippen LogP contribution in [0.25, 0.3) is 11.1 Å². The molecule has 1 aliphatic heterocycles. The van der Waals surface area contributed by atoms with Gasteiger partial charge in [0.15, 0.2) is 17.2 Å². The molecule has 6 atom stereocenters. The Bertz CT molecular complexity index is 1280. The fourth-order valence-corrected chi connectivity index (χ4v) is 5.14. The summed E-state index contributed by atoms with van der Waals surface area (Å²) in [6.07, 6.45) is -6.16. The number of aliphatic hydroxyl groups is 4. The van der Waals surface area contributed by atoms with Gasteiger partial charge in [-0.2, -0.15) is 0 Å². The van der Waals surface area contributed by atoms with Gasteiger partial charge >= 0.3 is 0 Å². The van der Waals surface area contributed by atoms with E-state index in [0.29, 0.717) is 24.2 Å². The minimum absolute atomic E-state index is 0.160. The van der Waals surface area contributed by atoms with E-state index in [4.69, 9.17) is 23.7 Å². The van der Waals surface area contributed by atoms with Crippen molar-refractivity contribution < 1.29 is 44.1 Å². The van der Waals surface area contributed by atoms with Crippen LogP contribution in [0.5, 0.6) is 23.0 Å². The van der Waals surface area contributed by atoms with Gasteiger partial charge in [0.25, 0.3) is 0 Å². The Labute approximate surface area is 226 Å². The second-order valence-electron chi connectivity index (χ2n) is 9.59. The average molecular weight is 546 g/mol. The Morgan fingerprint density at radius 2 is 1.74 bits per heavy atom. The standard InChI is InChI=1S/C28H35NO10/c1-13(2)29-17-8-6-14-10-20(38-28-25(34)24(33)23(32)21(12-30)39-28)26(36-4)27(37-5)22(14)15-7-9-19(35-3)18(31)11-16(15)17/h7,9-11,17,21,23-25,28-30,32-34H,1,6,8,12H2,2-5H3/t17-,21+,23+,24-,25+,28+/m0/s1. The van der Waals surface area contributed by atoms with Crippen molar-refractivity contribution in [3.63, 3.8) is 0 Å². The number of aryl methyl sites for hydroxylation is 1. The number of ether oxygens (including phenoxy) is 5. The van der Waals surface area contributed by atoms with Crippen LogP contribution in [0.2, 0.25) is 0 Å². The summed E-state index contributed by atoms with van der Waals surface area (Å²) < 4.78 is 28.3. The van der Waals surface area contributed by atoms with Crippen LogP contribution in [0, 0.1) is 0 Å². The van der Waals surface area contributed by atoms with E-state index in [1.807, 2.05) is 6.92 Å². The van der Waals surface area contributed by atoms with Crippen LogP contribution in [-0.2, 0) is 11.2 Å². The highest BCUT2D eigenvalue weighted by Crippen LogP contribution is 2.51. The van der Waals surface area contributed by atoms with E-state index < -0.39 is 37.3 Å². The molecule has 2 aromatic rings. The van der Waals surface area contributed by atoms with Crippen LogP contribution >= 0.6 is 0 Å². The van der Waals surface area contributed by atoms with E-state index in [1.54, 1.807) is 24.3 Å². The number of hydrogen-bond donors (Lipinski definition) is 5. The third-order valence-electron chi connectivity index (χ3n) is 7.01. The van der Waals surface area contributed by atoms with E-state index in [0.717, 1.165) is 22.4 Å². The maximum atomic E-state index is 12.9. The van der Waals surface area contributed by atoms with Crippen molar-refractivity contribution in [1.82, 2.24) is 5.32 Å². The third-order valence-corrected chi connectivity index (χ3v) is 7.01. The summed E-state index contributed by atoms with van der Waals surface area (Å²) in [6, 6.07) is 6.44. The quantitative estimate of drug-likeness (QED) is 0.323. The van der Waals surface area contributed by atoms with Crippen molar-refractivity contribution in [2.75, 3.05) is 27.9 Å². The summed E-state index contributed by atoms with van der Waals surface area (Å²) in [6.45, 7) is 5.22. The van der Waals surface area contributed by atoms with Gasteiger partial charge in [0, 0.05) is 11.3 Å². The predicted octanol–water partition coefficient (Wildman–Crippen LogP) is 1.03. The lowest BCUT2D eigenvalue weighted by Gasteiger charge is -2.39. The van der Waals surface area contributed by atoms with Crippen molar-refractivity contribution in [3.8, 4) is 34.1 Å². The molecule has 1 heterocycles. The number of fused-ring (bicyclic) bond motifs is 3. The summed E-state index contributed by atoms with van der Waals surface area (Å²) in [4.78, 5) is 12.9. The molecule has 2 aromatic carbocycles. The first-order chi connectivity index (χ1) is 18.6. The first-order valence-corrected chi connectivity index (χ1v) is 12.5. The van der Waals surface area contributed by atoms with Crippen LogP contribution in [0.3, 0.4) is 0 Å². The van der Waals surface area contributed by atoms with Gasteiger partial charge in [0.2, 0.25) is 17.5 Å². The fraction of sp³-hybridized carbons (Fsp3) is 0.464. The number of hydrogen-bond acceptors (Lipinski definition) is 11.